The van der Waals surface area contributed by atoms with Crippen molar-refractivity contribution < 1.29 is 4.79 Å². The van der Waals surface area contributed by atoms with Gasteiger partial charge in [-0.2, -0.15) is 0 Å². The van der Waals surface area contributed by atoms with Gasteiger partial charge in [-0.15, -0.1) is 16.4 Å². The van der Waals surface area contributed by atoms with E-state index in [0.29, 0.717) is 18.8 Å². The quantitative estimate of drug-likeness (QED) is 0.869. The number of carbonyl (C=O) groups is 1. The van der Waals surface area contributed by atoms with Gasteiger partial charge in [0.25, 0.3) is 0 Å². The summed E-state index contributed by atoms with van der Waals surface area (Å²) >= 11 is 1.65. The fourth-order valence-corrected chi connectivity index (χ4v) is 2.57. The molecule has 0 aliphatic heterocycles. The van der Waals surface area contributed by atoms with Gasteiger partial charge in [-0.25, -0.2) is 4.68 Å². The summed E-state index contributed by atoms with van der Waals surface area (Å²) in [4.78, 5) is 15.4. The average molecular weight is 293 g/mol. The van der Waals surface area contributed by atoms with Gasteiger partial charge in [0.1, 0.15) is 6.54 Å². The Hall–Kier alpha value is -1.73. The Balaban J connectivity index is 2.03. The second-order valence-corrected chi connectivity index (χ2v) is 5.84. The molecule has 20 heavy (non-hydrogen) atoms. The molecule has 2 rings (SSSR count). The molecule has 0 bridgehead atoms. The van der Waals surface area contributed by atoms with E-state index < -0.39 is 0 Å². The van der Waals surface area contributed by atoms with Crippen molar-refractivity contribution >= 4 is 17.2 Å². The minimum absolute atomic E-state index is 0.0295. The molecule has 2 heterocycles. The molecule has 0 saturated heterocycles. The Kier molecular flexibility index (Phi) is 4.86. The molecule has 0 saturated carbocycles. The van der Waals surface area contributed by atoms with Crippen LogP contribution >= 0.6 is 11.3 Å². The largest absolute Gasteiger partial charge is 0.334 e. The molecule has 0 unspecified atom stereocenters. The second kappa shape index (κ2) is 6.62. The third-order valence-electron chi connectivity index (χ3n) is 2.94. The van der Waals surface area contributed by atoms with Crippen LogP contribution in [0.4, 0.5) is 0 Å². The lowest BCUT2D eigenvalue weighted by Crippen LogP contribution is -2.38. The number of carbonyl (C=O) groups excluding carboxylic acids is 1. The maximum absolute atomic E-state index is 12.4. The Bertz CT molecular complexity index is 549. The van der Waals surface area contributed by atoms with Crippen LogP contribution < -0.4 is 5.73 Å². The van der Waals surface area contributed by atoms with Gasteiger partial charge in [-0.1, -0.05) is 11.3 Å². The van der Waals surface area contributed by atoms with E-state index >= 15 is 0 Å². The number of nitrogens with two attached hydrogens (primary N) is 1. The van der Waals surface area contributed by atoms with Crippen LogP contribution in [0.1, 0.15) is 24.4 Å². The minimum Gasteiger partial charge on any atom is -0.334 e. The summed E-state index contributed by atoms with van der Waals surface area (Å²) in [6, 6.07) is 4.17. The van der Waals surface area contributed by atoms with Crippen LogP contribution in [0.15, 0.2) is 23.7 Å². The maximum atomic E-state index is 12.4. The van der Waals surface area contributed by atoms with E-state index in [4.69, 9.17) is 5.73 Å². The highest BCUT2D eigenvalue weighted by Crippen LogP contribution is 2.14. The predicted octanol–water partition coefficient (Wildman–Crippen LogP) is 1.24. The van der Waals surface area contributed by atoms with Gasteiger partial charge in [0.05, 0.1) is 18.4 Å². The highest BCUT2D eigenvalue weighted by atomic mass is 32.1. The molecule has 2 aromatic heterocycles. The fraction of sp³-hybridized carbons (Fsp3) is 0.462. The fourth-order valence-electron chi connectivity index (χ4n) is 1.87. The number of nitrogens with zero attached hydrogens (tertiary/aromatic N) is 4. The monoisotopic (exact) mass is 293 g/mol. The highest BCUT2D eigenvalue weighted by molar-refractivity contribution is 7.09. The summed E-state index contributed by atoms with van der Waals surface area (Å²) in [7, 11) is 0. The van der Waals surface area contributed by atoms with Crippen molar-refractivity contribution in [2.75, 3.05) is 0 Å². The topological polar surface area (TPSA) is 77.0 Å². The number of rotatable bonds is 6. The van der Waals surface area contributed by atoms with Crippen LogP contribution in [0, 0.1) is 0 Å². The zero-order valence-electron chi connectivity index (χ0n) is 11.7. The Labute approximate surface area is 122 Å². The van der Waals surface area contributed by atoms with E-state index in [1.54, 1.807) is 17.5 Å². The van der Waals surface area contributed by atoms with E-state index in [1.165, 1.54) is 9.56 Å². The number of hydrogen-bond donors (Lipinski definition) is 1. The summed E-state index contributed by atoms with van der Waals surface area (Å²) in [5.74, 6) is 0.0295. The van der Waals surface area contributed by atoms with Crippen LogP contribution in [0.3, 0.4) is 0 Å². The molecule has 0 aromatic carbocycles. The van der Waals surface area contributed by atoms with Crippen molar-refractivity contribution in [1.82, 2.24) is 19.9 Å². The molecule has 2 N–H and O–H groups in total. The number of thiophene rings is 1. The van der Waals surface area contributed by atoms with Gasteiger partial charge in [0.2, 0.25) is 5.91 Å². The molecule has 0 aliphatic carbocycles. The molecule has 0 fully saturated rings. The van der Waals surface area contributed by atoms with Crippen LogP contribution in [0.25, 0.3) is 0 Å². The molecule has 0 aliphatic rings. The molecule has 2 aromatic rings. The van der Waals surface area contributed by atoms with Crippen LogP contribution in [0.2, 0.25) is 0 Å². The zero-order chi connectivity index (χ0) is 14.5. The molecule has 6 nitrogen and oxygen atoms in total. The standard InChI is InChI=1S/C13H19N5OS/c1-10(2)18(8-12-4-3-5-20-12)13(19)9-17-7-11(6-14)15-16-17/h3-5,7,10H,6,8-9,14H2,1-2H3. The number of hydrogen-bond acceptors (Lipinski definition) is 5. The van der Waals surface area contributed by atoms with Crippen molar-refractivity contribution in [3.8, 4) is 0 Å². The third-order valence-corrected chi connectivity index (χ3v) is 3.80. The summed E-state index contributed by atoms with van der Waals surface area (Å²) in [5.41, 5.74) is 6.17. The Morgan fingerprint density at radius 3 is 2.90 bits per heavy atom. The van der Waals surface area contributed by atoms with E-state index in [2.05, 4.69) is 10.3 Å². The molecule has 0 spiro atoms. The molecule has 108 valence electrons. The molecule has 0 radical (unpaired) electrons. The first-order valence-corrected chi connectivity index (χ1v) is 7.39. The normalized spacial score (nSPS) is 11.0. The third kappa shape index (κ3) is 3.64. The summed E-state index contributed by atoms with van der Waals surface area (Å²) < 4.78 is 1.54. The summed E-state index contributed by atoms with van der Waals surface area (Å²) in [6.45, 7) is 5.18. The SMILES string of the molecule is CC(C)N(Cc1cccs1)C(=O)Cn1cc(CN)nn1. The highest BCUT2D eigenvalue weighted by Gasteiger charge is 2.18. The maximum Gasteiger partial charge on any atom is 0.244 e. The molecule has 1 amide bonds. The van der Waals surface area contributed by atoms with Gasteiger partial charge < -0.3 is 10.6 Å². The number of aromatic nitrogens is 3. The smallest absolute Gasteiger partial charge is 0.244 e. The van der Waals surface area contributed by atoms with E-state index in [1.807, 2.05) is 36.3 Å². The molecule has 0 atom stereocenters. The van der Waals surface area contributed by atoms with Gasteiger partial charge in [0.15, 0.2) is 0 Å². The molecule has 7 heteroatoms. The lowest BCUT2D eigenvalue weighted by Gasteiger charge is -2.26. The lowest BCUT2D eigenvalue weighted by molar-refractivity contribution is -0.134. The molecular formula is C13H19N5OS. The van der Waals surface area contributed by atoms with Crippen molar-refractivity contribution in [3.63, 3.8) is 0 Å². The first-order valence-electron chi connectivity index (χ1n) is 6.51. The predicted molar refractivity (Wildman–Crippen MR) is 77.9 cm³/mol. The van der Waals surface area contributed by atoms with Crippen LogP contribution in [-0.2, 0) is 24.4 Å². The van der Waals surface area contributed by atoms with Gasteiger partial charge >= 0.3 is 0 Å². The van der Waals surface area contributed by atoms with Crippen molar-refractivity contribution in [1.29, 1.82) is 0 Å². The Morgan fingerprint density at radius 1 is 1.55 bits per heavy atom. The van der Waals surface area contributed by atoms with Crippen molar-refractivity contribution in [3.05, 3.63) is 34.3 Å². The van der Waals surface area contributed by atoms with Gasteiger partial charge in [0, 0.05) is 17.5 Å². The van der Waals surface area contributed by atoms with Gasteiger partial charge in [-0.05, 0) is 25.3 Å². The minimum atomic E-state index is 0.0295. The lowest BCUT2D eigenvalue weighted by atomic mass is 10.3. The first-order chi connectivity index (χ1) is 9.60. The number of amides is 1. The van der Waals surface area contributed by atoms with Crippen molar-refractivity contribution in [2.45, 2.75) is 39.5 Å². The van der Waals surface area contributed by atoms with Gasteiger partial charge in [-0.3, -0.25) is 4.79 Å². The van der Waals surface area contributed by atoms with E-state index in [-0.39, 0.29) is 18.5 Å². The average Bonchev–Trinajstić information content (AvgIpc) is 3.06. The summed E-state index contributed by atoms with van der Waals surface area (Å²) in [6.07, 6.45) is 1.71. The molecular weight excluding hydrogens is 274 g/mol. The Morgan fingerprint density at radius 2 is 2.35 bits per heavy atom. The van der Waals surface area contributed by atoms with Crippen LogP contribution in [-0.4, -0.2) is 31.8 Å². The first kappa shape index (κ1) is 14.7. The van der Waals surface area contributed by atoms with E-state index in [9.17, 15) is 4.79 Å². The summed E-state index contributed by atoms with van der Waals surface area (Å²) in [5, 5.41) is 9.81. The second-order valence-electron chi connectivity index (χ2n) is 4.81. The van der Waals surface area contributed by atoms with Crippen molar-refractivity contribution in [2.24, 2.45) is 5.73 Å². The van der Waals surface area contributed by atoms with Crippen LogP contribution in [0.5, 0.6) is 0 Å². The zero-order valence-corrected chi connectivity index (χ0v) is 12.5. The van der Waals surface area contributed by atoms with E-state index in [0.717, 1.165) is 0 Å².